The Bertz CT molecular complexity index is 596. The Labute approximate surface area is 118 Å². The Balaban J connectivity index is 2.38. The van der Waals surface area contributed by atoms with Crippen LogP contribution >= 0.6 is 11.3 Å². The van der Waals surface area contributed by atoms with E-state index in [2.05, 4.69) is 0 Å². The van der Waals surface area contributed by atoms with Gasteiger partial charge in [0, 0.05) is 10.4 Å². The number of hydrogen-bond acceptors (Lipinski definition) is 1. The molecule has 0 nitrogen and oxygen atoms in total. The van der Waals surface area contributed by atoms with Crippen LogP contribution in [0, 0.1) is 0 Å². The molecule has 2 rings (SSSR count). The number of thiophene rings is 1. The quantitative estimate of drug-likeness (QED) is 0.634. The van der Waals surface area contributed by atoms with Crippen LogP contribution in [0.4, 0.5) is 30.7 Å². The van der Waals surface area contributed by atoms with E-state index in [9.17, 15) is 30.7 Å². The Morgan fingerprint density at radius 3 is 1.76 bits per heavy atom. The molecule has 1 aromatic carbocycles. The molecule has 2 aromatic rings. The molecule has 0 N–H and O–H groups in total. The van der Waals surface area contributed by atoms with Crippen molar-refractivity contribution in [2.24, 2.45) is 0 Å². The maximum absolute atomic E-state index is 13.4. The van der Waals surface area contributed by atoms with Crippen molar-refractivity contribution in [2.75, 3.05) is 0 Å². The number of hydrogen-bond donors (Lipinski definition) is 0. The van der Waals surface area contributed by atoms with Gasteiger partial charge in [-0.3, -0.25) is 0 Å². The van der Waals surface area contributed by atoms with Gasteiger partial charge in [-0.05, 0) is 17.0 Å². The minimum absolute atomic E-state index is 0.458. The third-order valence-electron chi connectivity index (χ3n) is 2.80. The summed E-state index contributed by atoms with van der Waals surface area (Å²) in [5.74, 6) is -11.5. The maximum atomic E-state index is 13.4. The lowest BCUT2D eigenvalue weighted by molar-refractivity contribution is -0.359. The largest absolute Gasteiger partial charge is 0.460 e. The molecule has 0 aliphatic carbocycles. The molecule has 0 saturated heterocycles. The molecule has 0 spiro atoms. The summed E-state index contributed by atoms with van der Waals surface area (Å²) in [5.41, 5.74) is -0.926. The Kier molecular flexibility index (Phi) is 3.77. The van der Waals surface area contributed by atoms with Gasteiger partial charge in [0.05, 0.1) is 0 Å². The third kappa shape index (κ3) is 2.64. The fourth-order valence-corrected chi connectivity index (χ4v) is 2.38. The van der Waals surface area contributed by atoms with E-state index in [1.54, 1.807) is 17.5 Å². The lowest BCUT2D eigenvalue weighted by Crippen LogP contribution is -2.49. The van der Waals surface area contributed by atoms with Crippen molar-refractivity contribution in [3.63, 3.8) is 0 Å². The normalized spacial score (nSPS) is 13.5. The van der Waals surface area contributed by atoms with E-state index in [0.29, 0.717) is 22.6 Å². The molecule has 0 saturated carbocycles. The predicted octanol–water partition coefficient (Wildman–Crippen LogP) is 5.70. The van der Waals surface area contributed by atoms with Gasteiger partial charge >= 0.3 is 18.0 Å². The molecular weight excluding hydrogens is 321 g/mol. The van der Waals surface area contributed by atoms with Crippen LogP contribution in [0.2, 0.25) is 0 Å². The van der Waals surface area contributed by atoms with Gasteiger partial charge in [0.2, 0.25) is 0 Å². The van der Waals surface area contributed by atoms with Crippen molar-refractivity contribution in [1.29, 1.82) is 0 Å². The van der Waals surface area contributed by atoms with Gasteiger partial charge in [-0.2, -0.15) is 30.7 Å². The van der Waals surface area contributed by atoms with Gasteiger partial charge in [-0.1, -0.05) is 30.3 Å². The molecule has 0 aliphatic heterocycles. The zero-order valence-corrected chi connectivity index (χ0v) is 10.9. The van der Waals surface area contributed by atoms with E-state index in [-0.39, 0.29) is 0 Å². The second-order valence-corrected chi connectivity index (χ2v) is 5.15. The first kappa shape index (κ1) is 15.8. The molecule has 0 amide bonds. The fraction of sp³-hybridized carbons (Fsp3) is 0.231. The van der Waals surface area contributed by atoms with Crippen LogP contribution in [0.5, 0.6) is 0 Å². The van der Waals surface area contributed by atoms with E-state index in [1.807, 2.05) is 0 Å². The van der Waals surface area contributed by atoms with Crippen LogP contribution in [-0.2, 0) is 5.92 Å². The van der Waals surface area contributed by atoms with Gasteiger partial charge in [-0.25, -0.2) is 0 Å². The summed E-state index contributed by atoms with van der Waals surface area (Å²) in [4.78, 5) is 0.687. The first-order valence-electron chi connectivity index (χ1n) is 5.54. The van der Waals surface area contributed by atoms with Gasteiger partial charge in [-0.15, -0.1) is 11.3 Å². The highest BCUT2D eigenvalue weighted by molar-refractivity contribution is 7.13. The molecule has 0 atom stereocenters. The minimum atomic E-state index is -6.33. The topological polar surface area (TPSA) is 0 Å². The number of rotatable bonds is 3. The van der Waals surface area contributed by atoms with Crippen LogP contribution in [0.25, 0.3) is 10.4 Å². The van der Waals surface area contributed by atoms with Crippen molar-refractivity contribution in [2.45, 2.75) is 18.0 Å². The monoisotopic (exact) mass is 328 g/mol. The van der Waals surface area contributed by atoms with Crippen LogP contribution in [-0.4, -0.2) is 12.1 Å². The maximum Gasteiger partial charge on any atom is 0.460 e. The lowest BCUT2D eigenvalue weighted by atomic mass is 10.00. The summed E-state index contributed by atoms with van der Waals surface area (Å²) in [6.07, 6.45) is -6.33. The summed E-state index contributed by atoms with van der Waals surface area (Å²) < 4.78 is 88.9. The van der Waals surface area contributed by atoms with Crippen LogP contribution < -0.4 is 0 Å². The molecule has 21 heavy (non-hydrogen) atoms. The summed E-state index contributed by atoms with van der Waals surface area (Å²) in [5, 5.41) is 1.72. The second-order valence-electron chi connectivity index (χ2n) is 4.20. The summed E-state index contributed by atoms with van der Waals surface area (Å²) in [7, 11) is 0. The molecule has 114 valence electrons. The van der Waals surface area contributed by atoms with Gasteiger partial charge in [0.1, 0.15) is 0 Å². The van der Waals surface area contributed by atoms with Crippen LogP contribution in [0.15, 0.2) is 41.8 Å². The highest BCUT2D eigenvalue weighted by Gasteiger charge is 2.73. The highest BCUT2D eigenvalue weighted by Crippen LogP contribution is 2.51. The Hall–Kier alpha value is -1.57. The van der Waals surface area contributed by atoms with Gasteiger partial charge < -0.3 is 0 Å². The van der Waals surface area contributed by atoms with Crippen molar-refractivity contribution >= 4 is 11.3 Å². The van der Waals surface area contributed by atoms with Crippen molar-refractivity contribution in [3.05, 3.63) is 47.3 Å². The van der Waals surface area contributed by atoms with E-state index in [1.165, 1.54) is 11.3 Å². The molecule has 0 radical (unpaired) electrons. The number of benzene rings is 1. The molecule has 1 aromatic heterocycles. The van der Waals surface area contributed by atoms with E-state index >= 15 is 0 Å². The molecule has 8 heteroatoms. The van der Waals surface area contributed by atoms with E-state index < -0.39 is 23.6 Å². The predicted molar refractivity (Wildman–Crippen MR) is 64.7 cm³/mol. The lowest BCUT2D eigenvalue weighted by Gasteiger charge is -2.28. The average molecular weight is 328 g/mol. The SMILES string of the molecule is FC(F)(F)C(F)(F)C(F)(F)c1ccc(-c2cccs2)cc1. The van der Waals surface area contributed by atoms with Crippen molar-refractivity contribution < 1.29 is 30.7 Å². The molecule has 1 heterocycles. The summed E-state index contributed by atoms with van der Waals surface area (Å²) >= 11 is 1.28. The number of halogens is 7. The zero-order valence-electron chi connectivity index (χ0n) is 10.1. The third-order valence-corrected chi connectivity index (χ3v) is 3.72. The van der Waals surface area contributed by atoms with Crippen LogP contribution in [0.1, 0.15) is 5.56 Å². The second kappa shape index (κ2) is 5.01. The van der Waals surface area contributed by atoms with E-state index in [0.717, 1.165) is 12.1 Å². The average Bonchev–Trinajstić information content (AvgIpc) is 2.91. The first-order valence-corrected chi connectivity index (χ1v) is 6.42. The van der Waals surface area contributed by atoms with Gasteiger partial charge in [0.15, 0.2) is 0 Å². The summed E-state index contributed by atoms with van der Waals surface area (Å²) in [6.45, 7) is 0. The smallest absolute Gasteiger partial charge is 0.194 e. The Morgan fingerprint density at radius 2 is 1.33 bits per heavy atom. The first-order chi connectivity index (χ1) is 9.57. The minimum Gasteiger partial charge on any atom is -0.194 e. The highest BCUT2D eigenvalue weighted by atomic mass is 32.1. The zero-order chi connectivity index (χ0) is 15.9. The standard InChI is InChI=1S/C13H7F7S/c14-11(15,12(16,17)13(18,19)20)9-5-3-8(4-6-9)10-2-1-7-21-10/h1-7H. The molecule has 0 bridgehead atoms. The number of alkyl halides is 7. The summed E-state index contributed by atoms with van der Waals surface area (Å²) in [6, 6.07) is 6.69. The molecule has 0 unspecified atom stereocenters. The Morgan fingerprint density at radius 1 is 0.762 bits per heavy atom. The fourth-order valence-electron chi connectivity index (χ4n) is 1.65. The van der Waals surface area contributed by atoms with Crippen molar-refractivity contribution in [3.8, 4) is 10.4 Å². The van der Waals surface area contributed by atoms with Gasteiger partial charge in [0.25, 0.3) is 0 Å². The van der Waals surface area contributed by atoms with Crippen molar-refractivity contribution in [1.82, 2.24) is 0 Å². The molecule has 0 aliphatic rings. The van der Waals surface area contributed by atoms with Crippen LogP contribution in [0.3, 0.4) is 0 Å². The van der Waals surface area contributed by atoms with E-state index in [4.69, 9.17) is 0 Å². The molecule has 0 fully saturated rings. The molecular formula is C13H7F7S.